The Balaban J connectivity index is 0.000000240. The molecule has 0 saturated carbocycles. The van der Waals surface area contributed by atoms with Crippen LogP contribution in [0.15, 0.2) is 138 Å². The van der Waals surface area contributed by atoms with Crippen molar-refractivity contribution >= 4 is 58.4 Å². The fraction of sp³-hybridized carbons (Fsp3) is 0.136. The van der Waals surface area contributed by atoms with E-state index in [0.717, 1.165) is 23.3 Å². The maximum Gasteiger partial charge on any atom is 0.416 e. The maximum atomic E-state index is 13.3. The lowest BCUT2D eigenvalue weighted by atomic mass is 10.1. The Bertz CT molecular complexity index is 2500. The van der Waals surface area contributed by atoms with E-state index in [0.29, 0.717) is 22.8 Å². The molecule has 0 bridgehead atoms. The van der Waals surface area contributed by atoms with Gasteiger partial charge in [-0.05, 0) is 97.9 Å². The Morgan fingerprint density at radius 3 is 1.51 bits per heavy atom. The van der Waals surface area contributed by atoms with Crippen LogP contribution in [0.4, 0.5) is 49.6 Å². The fourth-order valence-corrected chi connectivity index (χ4v) is 5.42. The van der Waals surface area contributed by atoms with Gasteiger partial charge in [-0.15, -0.1) is 0 Å². The number of aromatic nitrogens is 2. The number of nitrogens with two attached hydrogens (primary N) is 3. The highest BCUT2D eigenvalue weighted by atomic mass is 32.1. The van der Waals surface area contributed by atoms with Crippen LogP contribution in [0.3, 0.4) is 0 Å². The first-order valence-electron chi connectivity index (χ1n) is 18.6. The SMILES string of the molecule is Cc1ccc(C(=O)NC(=NCc2ccccc2C(F)(F)F)Nc2cccc(N)n2)cc1.Cc1ccc(C(=O)NC(=S)NCc2ccccc2C(F)(F)F)cc1.Nc1cccc(N)n1. The van der Waals surface area contributed by atoms with Gasteiger partial charge in [0.2, 0.25) is 5.96 Å². The number of anilines is 4. The van der Waals surface area contributed by atoms with E-state index in [9.17, 15) is 35.9 Å². The van der Waals surface area contributed by atoms with Gasteiger partial charge in [-0.1, -0.05) is 83.9 Å². The zero-order chi connectivity index (χ0) is 46.2. The molecule has 0 aliphatic carbocycles. The molecule has 328 valence electrons. The summed E-state index contributed by atoms with van der Waals surface area (Å²) in [5, 5.41) is 10.4. The summed E-state index contributed by atoms with van der Waals surface area (Å²) in [6.45, 7) is 3.34. The van der Waals surface area contributed by atoms with Crippen molar-refractivity contribution in [3.63, 3.8) is 0 Å². The highest BCUT2D eigenvalue weighted by Crippen LogP contribution is 2.33. The molecule has 2 heterocycles. The zero-order valence-electron chi connectivity index (χ0n) is 33.7. The van der Waals surface area contributed by atoms with Crippen LogP contribution in [0.25, 0.3) is 0 Å². The van der Waals surface area contributed by atoms with Crippen molar-refractivity contribution in [3.05, 3.63) is 178 Å². The lowest BCUT2D eigenvalue weighted by molar-refractivity contribution is -0.139. The van der Waals surface area contributed by atoms with E-state index in [1.165, 1.54) is 36.4 Å². The summed E-state index contributed by atoms with van der Waals surface area (Å²) in [7, 11) is 0. The van der Waals surface area contributed by atoms with E-state index < -0.39 is 35.3 Å². The standard InChI is InChI=1S/C22H20F3N5O.C17H15F3N2OS.C5H7N3/c1-14-9-11-15(12-10-14)20(31)30-21(29-19-8-4-7-18(26)28-19)27-13-16-5-2-3-6-17(16)22(23,24)25;1-11-6-8-12(9-7-11)15(23)22-16(24)21-10-13-4-2-3-5-14(13)17(18,19)20;6-4-2-1-3-5(7)8-4/h2-12H,13H2,1H3,(H4,26,27,28,29,30,31);2-9H,10H2,1H3,(H2,21,22,23,24);1-3H,(H4,6,7,8). The topological polar surface area (TPSA) is 198 Å². The van der Waals surface area contributed by atoms with Gasteiger partial charge in [0.15, 0.2) is 5.11 Å². The van der Waals surface area contributed by atoms with Gasteiger partial charge in [-0.2, -0.15) is 26.3 Å². The third-order valence-corrected chi connectivity index (χ3v) is 8.63. The molecular formula is C44H42F6N10O2S. The second kappa shape index (κ2) is 22.3. The number of thiocarbonyl (C=S) groups is 1. The van der Waals surface area contributed by atoms with E-state index in [4.69, 9.17) is 29.4 Å². The lowest BCUT2D eigenvalue weighted by Gasteiger charge is -2.14. The number of nitrogen functional groups attached to an aromatic ring is 3. The van der Waals surface area contributed by atoms with Gasteiger partial charge in [-0.25, -0.2) is 15.0 Å². The van der Waals surface area contributed by atoms with E-state index in [1.807, 2.05) is 13.8 Å². The minimum Gasteiger partial charge on any atom is -0.384 e. The predicted molar refractivity (Wildman–Crippen MR) is 236 cm³/mol. The second-order valence-corrected chi connectivity index (χ2v) is 13.8. The normalized spacial score (nSPS) is 11.1. The van der Waals surface area contributed by atoms with Crippen molar-refractivity contribution in [2.75, 3.05) is 22.5 Å². The number of hydrogen-bond donors (Lipinski definition) is 7. The number of carbonyl (C=O) groups excluding carboxylic acids is 2. The predicted octanol–water partition coefficient (Wildman–Crippen LogP) is 8.45. The van der Waals surface area contributed by atoms with Gasteiger partial charge in [0.05, 0.1) is 17.7 Å². The molecule has 19 heteroatoms. The molecule has 10 N–H and O–H groups in total. The summed E-state index contributed by atoms with van der Waals surface area (Å²) < 4.78 is 78.5. The van der Waals surface area contributed by atoms with Crippen molar-refractivity contribution in [2.24, 2.45) is 4.99 Å². The molecule has 2 amide bonds. The Morgan fingerprint density at radius 2 is 1.03 bits per heavy atom. The van der Waals surface area contributed by atoms with Crippen LogP contribution < -0.4 is 38.5 Å². The molecule has 0 radical (unpaired) electrons. The second-order valence-electron chi connectivity index (χ2n) is 13.4. The highest BCUT2D eigenvalue weighted by Gasteiger charge is 2.33. The van der Waals surface area contributed by atoms with E-state index in [1.54, 1.807) is 84.9 Å². The summed E-state index contributed by atoms with van der Waals surface area (Å²) in [4.78, 5) is 36.6. The first-order chi connectivity index (χ1) is 29.8. The number of halogens is 6. The minimum atomic E-state index is -4.51. The maximum absolute atomic E-state index is 13.3. The van der Waals surface area contributed by atoms with Crippen LogP contribution in [-0.2, 0) is 25.4 Å². The Hall–Kier alpha value is -7.54. The van der Waals surface area contributed by atoms with Gasteiger partial charge in [0.1, 0.15) is 23.3 Å². The summed E-state index contributed by atoms with van der Waals surface area (Å²) in [6.07, 6.45) is -8.95. The van der Waals surface area contributed by atoms with E-state index in [2.05, 4.69) is 36.2 Å². The molecule has 0 atom stereocenters. The van der Waals surface area contributed by atoms with Crippen molar-refractivity contribution in [3.8, 4) is 0 Å². The number of nitrogens with one attached hydrogen (secondary N) is 4. The molecular weight excluding hydrogens is 847 g/mol. The fourth-order valence-electron chi connectivity index (χ4n) is 5.26. The molecule has 0 fully saturated rings. The van der Waals surface area contributed by atoms with Gasteiger partial charge in [0.25, 0.3) is 11.8 Å². The number of rotatable bonds is 7. The number of nitrogens with zero attached hydrogens (tertiary/aromatic N) is 3. The Labute approximate surface area is 364 Å². The average Bonchev–Trinajstić information content (AvgIpc) is 3.22. The molecule has 0 unspecified atom stereocenters. The Morgan fingerprint density at radius 1 is 0.587 bits per heavy atom. The molecule has 6 rings (SSSR count). The minimum absolute atomic E-state index is 0.0283. The zero-order valence-corrected chi connectivity index (χ0v) is 34.5. The largest absolute Gasteiger partial charge is 0.416 e. The summed E-state index contributed by atoms with van der Waals surface area (Å²) in [5.74, 6) is 0.496. The smallest absolute Gasteiger partial charge is 0.384 e. The molecule has 2 aromatic heterocycles. The van der Waals surface area contributed by atoms with Crippen LogP contribution in [0.2, 0.25) is 0 Å². The van der Waals surface area contributed by atoms with Crippen molar-refractivity contribution in [2.45, 2.75) is 39.3 Å². The number of aliphatic imine (C=N–C) groups is 1. The van der Waals surface area contributed by atoms with Crippen LogP contribution in [-0.4, -0.2) is 32.9 Å². The summed E-state index contributed by atoms with van der Waals surface area (Å²) >= 11 is 4.97. The number of amides is 2. The molecule has 0 spiro atoms. The van der Waals surface area contributed by atoms with Crippen molar-refractivity contribution in [1.82, 2.24) is 25.9 Å². The molecule has 6 aromatic rings. The molecule has 4 aromatic carbocycles. The van der Waals surface area contributed by atoms with Crippen LogP contribution in [0.1, 0.15) is 54.1 Å². The molecule has 0 aliphatic heterocycles. The summed E-state index contributed by atoms with van der Waals surface area (Å²) in [6, 6.07) is 34.0. The lowest BCUT2D eigenvalue weighted by Crippen LogP contribution is -2.39. The number of alkyl halides is 6. The molecule has 0 aliphatic rings. The number of benzene rings is 4. The number of guanidine groups is 1. The average molecular weight is 889 g/mol. The first-order valence-corrected chi connectivity index (χ1v) is 19.1. The number of carbonyl (C=O) groups is 2. The van der Waals surface area contributed by atoms with E-state index in [-0.39, 0.29) is 46.9 Å². The third-order valence-electron chi connectivity index (χ3n) is 8.39. The third kappa shape index (κ3) is 16.1. The van der Waals surface area contributed by atoms with Gasteiger partial charge < -0.3 is 27.8 Å². The Kier molecular flexibility index (Phi) is 17.1. The van der Waals surface area contributed by atoms with E-state index >= 15 is 0 Å². The van der Waals surface area contributed by atoms with Crippen molar-refractivity contribution < 1.29 is 35.9 Å². The van der Waals surface area contributed by atoms with Crippen LogP contribution in [0.5, 0.6) is 0 Å². The number of hydrogen-bond acceptors (Lipinski definition) is 9. The number of aryl methyl sites for hydroxylation is 2. The quantitative estimate of drug-likeness (QED) is 0.0353. The first kappa shape index (κ1) is 48.1. The molecule has 12 nitrogen and oxygen atoms in total. The highest BCUT2D eigenvalue weighted by molar-refractivity contribution is 7.80. The van der Waals surface area contributed by atoms with Crippen LogP contribution in [0, 0.1) is 13.8 Å². The van der Waals surface area contributed by atoms with Crippen LogP contribution >= 0.6 is 12.2 Å². The van der Waals surface area contributed by atoms with Crippen molar-refractivity contribution in [1.29, 1.82) is 0 Å². The molecule has 63 heavy (non-hydrogen) atoms. The van der Waals surface area contributed by atoms with Gasteiger partial charge in [-0.3, -0.25) is 20.2 Å². The van der Waals surface area contributed by atoms with Gasteiger partial charge >= 0.3 is 12.4 Å². The molecule has 0 saturated heterocycles. The monoisotopic (exact) mass is 888 g/mol. The number of pyridine rings is 2. The summed E-state index contributed by atoms with van der Waals surface area (Å²) in [5.41, 5.74) is 17.5. The van der Waals surface area contributed by atoms with Gasteiger partial charge in [0, 0.05) is 17.7 Å².